The predicted molar refractivity (Wildman–Crippen MR) is 121 cm³/mol. The third-order valence-electron chi connectivity index (χ3n) is 4.99. The molecular formula is C25H46O4. The lowest BCUT2D eigenvalue weighted by Crippen LogP contribution is -2.14. The molecule has 29 heavy (non-hydrogen) atoms. The highest BCUT2D eigenvalue weighted by Crippen LogP contribution is 2.12. The standard InChI is InChI=1S/C25H46O4/c1-21(2)16-12-8-6-10-14-18-28-24(26)20-23(5)25(27)29-19-15-11-7-9-13-17-22(3)4/h21-22H,5-20H2,1-4H3. The number of hydrogen-bond acceptors (Lipinski definition) is 4. The van der Waals surface area contributed by atoms with E-state index in [0.717, 1.165) is 37.5 Å². The lowest BCUT2D eigenvalue weighted by Gasteiger charge is -2.08. The molecule has 0 heterocycles. The number of esters is 2. The van der Waals surface area contributed by atoms with Crippen molar-refractivity contribution in [2.24, 2.45) is 11.8 Å². The monoisotopic (exact) mass is 410 g/mol. The fourth-order valence-electron chi connectivity index (χ4n) is 3.12. The van der Waals surface area contributed by atoms with Crippen molar-refractivity contribution in [2.75, 3.05) is 13.2 Å². The average Bonchev–Trinajstić information content (AvgIpc) is 2.65. The molecule has 4 nitrogen and oxygen atoms in total. The average molecular weight is 411 g/mol. The number of unbranched alkanes of at least 4 members (excludes halogenated alkanes) is 8. The van der Waals surface area contributed by atoms with Crippen LogP contribution in [0.15, 0.2) is 12.2 Å². The molecule has 0 radical (unpaired) electrons. The van der Waals surface area contributed by atoms with Gasteiger partial charge in [0.05, 0.1) is 19.6 Å². The SMILES string of the molecule is C=C(CC(=O)OCCCCCCCC(C)C)C(=O)OCCCCCCCC(C)C. The van der Waals surface area contributed by atoms with Crippen molar-refractivity contribution in [3.63, 3.8) is 0 Å². The highest BCUT2D eigenvalue weighted by Gasteiger charge is 2.14. The molecule has 0 aliphatic carbocycles. The highest BCUT2D eigenvalue weighted by molar-refractivity contribution is 5.93. The number of ether oxygens (including phenoxy) is 2. The summed E-state index contributed by atoms with van der Waals surface area (Å²) >= 11 is 0. The van der Waals surface area contributed by atoms with E-state index in [4.69, 9.17) is 9.47 Å². The van der Waals surface area contributed by atoms with Crippen molar-refractivity contribution < 1.29 is 19.1 Å². The Hall–Kier alpha value is -1.32. The molecule has 0 aromatic heterocycles. The van der Waals surface area contributed by atoms with Gasteiger partial charge >= 0.3 is 11.9 Å². The van der Waals surface area contributed by atoms with E-state index in [0.29, 0.717) is 13.2 Å². The zero-order valence-corrected chi connectivity index (χ0v) is 19.6. The topological polar surface area (TPSA) is 52.6 Å². The summed E-state index contributed by atoms with van der Waals surface area (Å²) in [5, 5.41) is 0. The summed E-state index contributed by atoms with van der Waals surface area (Å²) in [6.45, 7) is 13.5. The van der Waals surface area contributed by atoms with Crippen LogP contribution in [-0.2, 0) is 19.1 Å². The minimum atomic E-state index is -0.480. The summed E-state index contributed by atoms with van der Waals surface area (Å²) in [6, 6.07) is 0. The quantitative estimate of drug-likeness (QED) is 0.130. The number of rotatable bonds is 19. The second kappa shape index (κ2) is 18.7. The maximum Gasteiger partial charge on any atom is 0.333 e. The molecule has 0 saturated heterocycles. The Balaban J connectivity index is 3.56. The van der Waals surface area contributed by atoms with E-state index in [-0.39, 0.29) is 12.0 Å². The molecule has 0 atom stereocenters. The largest absolute Gasteiger partial charge is 0.465 e. The van der Waals surface area contributed by atoms with E-state index < -0.39 is 11.9 Å². The molecule has 0 saturated carbocycles. The first kappa shape index (κ1) is 27.7. The number of carbonyl (C=O) groups is 2. The third kappa shape index (κ3) is 19.8. The fraction of sp³-hybridized carbons (Fsp3) is 0.840. The summed E-state index contributed by atoms with van der Waals surface area (Å²) in [4.78, 5) is 23.7. The molecule has 0 aromatic rings. The molecule has 0 amide bonds. The Morgan fingerprint density at radius 3 is 1.55 bits per heavy atom. The van der Waals surface area contributed by atoms with Crippen LogP contribution in [0.3, 0.4) is 0 Å². The van der Waals surface area contributed by atoms with Crippen molar-refractivity contribution in [3.8, 4) is 0 Å². The zero-order valence-electron chi connectivity index (χ0n) is 19.6. The zero-order chi connectivity index (χ0) is 21.9. The maximum atomic E-state index is 11.9. The molecule has 0 unspecified atom stereocenters. The van der Waals surface area contributed by atoms with Crippen LogP contribution in [0, 0.1) is 11.8 Å². The normalized spacial score (nSPS) is 11.1. The van der Waals surface area contributed by atoms with Crippen LogP contribution in [0.5, 0.6) is 0 Å². The van der Waals surface area contributed by atoms with E-state index in [1.807, 2.05) is 0 Å². The first-order valence-electron chi connectivity index (χ1n) is 11.8. The van der Waals surface area contributed by atoms with Crippen molar-refractivity contribution >= 4 is 11.9 Å². The van der Waals surface area contributed by atoms with Crippen molar-refractivity contribution in [3.05, 3.63) is 12.2 Å². The smallest absolute Gasteiger partial charge is 0.333 e. The van der Waals surface area contributed by atoms with Gasteiger partial charge in [0, 0.05) is 5.57 Å². The second-order valence-corrected chi connectivity index (χ2v) is 9.04. The minimum Gasteiger partial charge on any atom is -0.465 e. The second-order valence-electron chi connectivity index (χ2n) is 9.04. The van der Waals surface area contributed by atoms with Crippen LogP contribution >= 0.6 is 0 Å². The Morgan fingerprint density at radius 2 is 1.07 bits per heavy atom. The Bertz CT molecular complexity index is 440. The molecule has 0 aliphatic heterocycles. The van der Waals surface area contributed by atoms with Crippen LogP contribution in [0.2, 0.25) is 0 Å². The summed E-state index contributed by atoms with van der Waals surface area (Å²) in [6.07, 6.45) is 13.8. The predicted octanol–water partition coefficient (Wildman–Crippen LogP) is 7.01. The van der Waals surface area contributed by atoms with Gasteiger partial charge in [0.25, 0.3) is 0 Å². The molecule has 4 heteroatoms. The first-order chi connectivity index (χ1) is 13.8. The fourth-order valence-corrected chi connectivity index (χ4v) is 3.12. The van der Waals surface area contributed by atoms with Crippen LogP contribution in [0.25, 0.3) is 0 Å². The molecule has 170 valence electrons. The molecule has 0 bridgehead atoms. The summed E-state index contributed by atoms with van der Waals surface area (Å²) in [7, 11) is 0. The van der Waals surface area contributed by atoms with E-state index in [1.165, 1.54) is 51.4 Å². The van der Waals surface area contributed by atoms with E-state index >= 15 is 0 Å². The van der Waals surface area contributed by atoms with Crippen molar-refractivity contribution in [1.82, 2.24) is 0 Å². The third-order valence-corrected chi connectivity index (χ3v) is 4.99. The van der Waals surface area contributed by atoms with E-state index in [1.54, 1.807) is 0 Å². The van der Waals surface area contributed by atoms with Crippen molar-refractivity contribution in [2.45, 2.75) is 111 Å². The van der Waals surface area contributed by atoms with Crippen LogP contribution in [0.4, 0.5) is 0 Å². The number of carbonyl (C=O) groups excluding carboxylic acids is 2. The maximum absolute atomic E-state index is 11.9. The molecular weight excluding hydrogens is 364 g/mol. The molecule has 0 rings (SSSR count). The van der Waals surface area contributed by atoms with E-state index in [2.05, 4.69) is 34.3 Å². The summed E-state index contributed by atoms with van der Waals surface area (Å²) < 4.78 is 10.4. The van der Waals surface area contributed by atoms with Gasteiger partial charge in [-0.3, -0.25) is 4.79 Å². The van der Waals surface area contributed by atoms with Gasteiger partial charge in [0.1, 0.15) is 0 Å². The van der Waals surface area contributed by atoms with Gasteiger partial charge in [0.15, 0.2) is 0 Å². The Labute approximate surface area is 179 Å². The van der Waals surface area contributed by atoms with Crippen LogP contribution < -0.4 is 0 Å². The lowest BCUT2D eigenvalue weighted by molar-refractivity contribution is -0.146. The molecule has 0 aromatic carbocycles. The highest BCUT2D eigenvalue weighted by atomic mass is 16.5. The van der Waals surface area contributed by atoms with Gasteiger partial charge in [0.2, 0.25) is 0 Å². The molecule has 0 spiro atoms. The summed E-state index contributed by atoms with van der Waals surface area (Å²) in [5.74, 6) is 0.673. The minimum absolute atomic E-state index is 0.0809. The Morgan fingerprint density at radius 1 is 0.655 bits per heavy atom. The first-order valence-corrected chi connectivity index (χ1v) is 11.8. The lowest BCUT2D eigenvalue weighted by atomic mass is 10.0. The van der Waals surface area contributed by atoms with Gasteiger partial charge < -0.3 is 9.47 Å². The van der Waals surface area contributed by atoms with Gasteiger partial charge in [-0.2, -0.15) is 0 Å². The van der Waals surface area contributed by atoms with Gasteiger partial charge in [-0.15, -0.1) is 0 Å². The Kier molecular flexibility index (Phi) is 17.8. The molecule has 0 aliphatic rings. The summed E-state index contributed by atoms with van der Waals surface area (Å²) in [5.41, 5.74) is 0.181. The van der Waals surface area contributed by atoms with Gasteiger partial charge in [-0.05, 0) is 24.7 Å². The van der Waals surface area contributed by atoms with Gasteiger partial charge in [-0.1, -0.05) is 98.5 Å². The van der Waals surface area contributed by atoms with Gasteiger partial charge in [-0.25, -0.2) is 4.79 Å². The van der Waals surface area contributed by atoms with Crippen LogP contribution in [0.1, 0.15) is 111 Å². The van der Waals surface area contributed by atoms with Crippen molar-refractivity contribution in [1.29, 1.82) is 0 Å². The molecule has 0 N–H and O–H groups in total. The number of hydrogen-bond donors (Lipinski definition) is 0. The molecule has 0 fully saturated rings. The van der Waals surface area contributed by atoms with Crippen LogP contribution in [-0.4, -0.2) is 25.2 Å². The van der Waals surface area contributed by atoms with E-state index in [9.17, 15) is 9.59 Å².